The van der Waals surface area contributed by atoms with E-state index in [4.69, 9.17) is 0 Å². The average molecular weight is 300 g/mol. The summed E-state index contributed by atoms with van der Waals surface area (Å²) in [6.07, 6.45) is 5.45. The Hall–Kier alpha value is -0.410. The van der Waals surface area contributed by atoms with E-state index in [9.17, 15) is 4.39 Å². The number of hydrogen-bond donors (Lipinski definition) is 1. The molecule has 1 atom stereocenters. The van der Waals surface area contributed by atoms with Crippen LogP contribution in [0.15, 0.2) is 22.7 Å². The van der Waals surface area contributed by atoms with E-state index < -0.39 is 0 Å². The summed E-state index contributed by atoms with van der Waals surface area (Å²) in [4.78, 5) is 0. The molecule has 94 valence electrons. The highest BCUT2D eigenvalue weighted by molar-refractivity contribution is 9.10. The zero-order valence-electron chi connectivity index (χ0n) is 10.2. The van der Waals surface area contributed by atoms with Gasteiger partial charge in [-0.15, -0.1) is 0 Å². The van der Waals surface area contributed by atoms with Crippen LogP contribution in [0.5, 0.6) is 0 Å². The van der Waals surface area contributed by atoms with Crippen LogP contribution in [0.1, 0.15) is 44.2 Å². The van der Waals surface area contributed by atoms with Crippen molar-refractivity contribution in [3.63, 3.8) is 0 Å². The van der Waals surface area contributed by atoms with Crippen LogP contribution in [0.25, 0.3) is 0 Å². The summed E-state index contributed by atoms with van der Waals surface area (Å²) in [6, 6.07) is 5.15. The van der Waals surface area contributed by atoms with E-state index in [2.05, 4.69) is 28.2 Å². The number of rotatable bonds is 6. The van der Waals surface area contributed by atoms with E-state index >= 15 is 0 Å². The molecule has 0 aliphatic heterocycles. The number of hydrogen-bond acceptors (Lipinski definition) is 1. The Morgan fingerprint density at radius 2 is 2.24 bits per heavy atom. The first kappa shape index (κ1) is 13.0. The van der Waals surface area contributed by atoms with Crippen LogP contribution in [0, 0.1) is 11.7 Å². The largest absolute Gasteiger partial charge is 0.310 e. The lowest BCUT2D eigenvalue weighted by Gasteiger charge is -2.15. The summed E-state index contributed by atoms with van der Waals surface area (Å²) in [5.41, 5.74) is 1.12. The molecule has 0 bridgehead atoms. The van der Waals surface area contributed by atoms with E-state index in [0.29, 0.717) is 0 Å². The third-order valence-electron chi connectivity index (χ3n) is 3.37. The van der Waals surface area contributed by atoms with Crippen LogP contribution in [0.3, 0.4) is 0 Å². The predicted molar refractivity (Wildman–Crippen MR) is 72.5 cm³/mol. The third kappa shape index (κ3) is 4.07. The Morgan fingerprint density at radius 3 is 2.88 bits per heavy atom. The van der Waals surface area contributed by atoms with Gasteiger partial charge in [0, 0.05) is 10.5 Å². The van der Waals surface area contributed by atoms with Gasteiger partial charge in [0.2, 0.25) is 0 Å². The molecule has 1 unspecified atom stereocenters. The first-order chi connectivity index (χ1) is 8.16. The van der Waals surface area contributed by atoms with E-state index in [1.54, 1.807) is 0 Å². The lowest BCUT2D eigenvalue weighted by molar-refractivity contribution is 0.530. The molecule has 1 N–H and O–H groups in total. The Kier molecular flexibility index (Phi) is 4.57. The maximum absolute atomic E-state index is 13.0. The molecule has 1 aromatic carbocycles. The van der Waals surface area contributed by atoms with Gasteiger partial charge in [-0.3, -0.25) is 0 Å². The first-order valence-corrected chi connectivity index (χ1v) is 7.14. The highest BCUT2D eigenvalue weighted by atomic mass is 79.9. The van der Waals surface area contributed by atoms with E-state index in [0.717, 1.165) is 22.5 Å². The highest BCUT2D eigenvalue weighted by Crippen LogP contribution is 2.33. The minimum atomic E-state index is -0.193. The van der Waals surface area contributed by atoms with Crippen molar-refractivity contribution in [1.29, 1.82) is 0 Å². The Bertz CT molecular complexity index is 376. The van der Waals surface area contributed by atoms with Gasteiger partial charge < -0.3 is 5.32 Å². The second-order valence-corrected chi connectivity index (χ2v) is 5.78. The van der Waals surface area contributed by atoms with Gasteiger partial charge in [0.15, 0.2) is 0 Å². The Labute approximate surface area is 111 Å². The van der Waals surface area contributed by atoms with Gasteiger partial charge in [-0.05, 0) is 49.9 Å². The molecule has 0 saturated heterocycles. The van der Waals surface area contributed by atoms with Crippen molar-refractivity contribution in [2.24, 2.45) is 5.92 Å². The fourth-order valence-corrected chi connectivity index (χ4v) is 2.77. The summed E-state index contributed by atoms with van der Waals surface area (Å²) >= 11 is 3.41. The van der Waals surface area contributed by atoms with Crippen molar-refractivity contribution >= 4 is 15.9 Å². The SMILES string of the molecule is CC(NCCCC1CC1)c1ccc(F)cc1Br. The van der Waals surface area contributed by atoms with Gasteiger partial charge in [-0.2, -0.15) is 0 Å². The van der Waals surface area contributed by atoms with Crippen LogP contribution in [0.2, 0.25) is 0 Å². The fraction of sp³-hybridized carbons (Fsp3) is 0.571. The minimum Gasteiger partial charge on any atom is -0.310 e. The molecule has 1 aromatic rings. The fourth-order valence-electron chi connectivity index (χ4n) is 2.08. The maximum Gasteiger partial charge on any atom is 0.124 e. The Morgan fingerprint density at radius 1 is 1.47 bits per heavy atom. The molecule has 17 heavy (non-hydrogen) atoms. The summed E-state index contributed by atoms with van der Waals surface area (Å²) < 4.78 is 13.8. The lowest BCUT2D eigenvalue weighted by Crippen LogP contribution is -2.20. The molecule has 0 spiro atoms. The van der Waals surface area contributed by atoms with Crippen molar-refractivity contribution in [1.82, 2.24) is 5.32 Å². The second kappa shape index (κ2) is 5.96. The summed E-state index contributed by atoms with van der Waals surface area (Å²) in [7, 11) is 0. The molecule has 1 aliphatic carbocycles. The minimum absolute atomic E-state index is 0.193. The van der Waals surface area contributed by atoms with Crippen LogP contribution in [-0.2, 0) is 0 Å². The standard InChI is InChI=1S/C14H19BrFN/c1-10(17-8-2-3-11-4-5-11)13-7-6-12(16)9-14(13)15/h6-7,9-11,17H,2-5,8H2,1H3. The molecule has 0 heterocycles. The van der Waals surface area contributed by atoms with E-state index in [-0.39, 0.29) is 11.9 Å². The predicted octanol–water partition coefficient (Wildman–Crippen LogP) is 4.43. The molecular formula is C14H19BrFN. The van der Waals surface area contributed by atoms with Gasteiger partial charge in [-0.1, -0.05) is 34.8 Å². The lowest BCUT2D eigenvalue weighted by atomic mass is 10.1. The molecule has 2 rings (SSSR count). The number of benzene rings is 1. The second-order valence-electron chi connectivity index (χ2n) is 4.93. The van der Waals surface area contributed by atoms with E-state index in [1.165, 1.54) is 37.8 Å². The molecule has 1 nitrogen and oxygen atoms in total. The number of halogens is 2. The molecule has 1 aliphatic rings. The third-order valence-corrected chi connectivity index (χ3v) is 4.05. The molecule has 0 amide bonds. The topological polar surface area (TPSA) is 12.0 Å². The van der Waals surface area contributed by atoms with Crippen molar-refractivity contribution in [2.45, 2.75) is 38.6 Å². The zero-order valence-corrected chi connectivity index (χ0v) is 11.8. The normalized spacial score (nSPS) is 17.1. The van der Waals surface area contributed by atoms with Crippen molar-refractivity contribution in [2.75, 3.05) is 6.54 Å². The van der Waals surface area contributed by atoms with Crippen LogP contribution in [-0.4, -0.2) is 6.54 Å². The van der Waals surface area contributed by atoms with Crippen LogP contribution in [0.4, 0.5) is 4.39 Å². The zero-order chi connectivity index (χ0) is 12.3. The molecule has 0 radical (unpaired) electrons. The monoisotopic (exact) mass is 299 g/mol. The number of nitrogens with one attached hydrogen (secondary N) is 1. The van der Waals surface area contributed by atoms with Gasteiger partial charge in [0.1, 0.15) is 5.82 Å². The van der Waals surface area contributed by atoms with E-state index in [1.807, 2.05) is 6.07 Å². The smallest absolute Gasteiger partial charge is 0.124 e. The summed E-state index contributed by atoms with van der Waals surface area (Å²) in [5, 5.41) is 3.49. The van der Waals surface area contributed by atoms with Gasteiger partial charge >= 0.3 is 0 Å². The highest BCUT2D eigenvalue weighted by Gasteiger charge is 2.20. The maximum atomic E-state index is 13.0. The van der Waals surface area contributed by atoms with Gasteiger partial charge in [0.25, 0.3) is 0 Å². The summed E-state index contributed by atoms with van der Waals surface area (Å²) in [5.74, 6) is 0.811. The molecular weight excluding hydrogens is 281 g/mol. The van der Waals surface area contributed by atoms with Crippen molar-refractivity contribution < 1.29 is 4.39 Å². The van der Waals surface area contributed by atoms with Crippen LogP contribution >= 0.6 is 15.9 Å². The molecule has 1 fully saturated rings. The molecule has 1 saturated carbocycles. The van der Waals surface area contributed by atoms with Crippen molar-refractivity contribution in [3.8, 4) is 0 Å². The van der Waals surface area contributed by atoms with Crippen LogP contribution < -0.4 is 5.32 Å². The molecule has 3 heteroatoms. The van der Waals surface area contributed by atoms with Gasteiger partial charge in [-0.25, -0.2) is 4.39 Å². The average Bonchev–Trinajstić information content (AvgIpc) is 3.08. The first-order valence-electron chi connectivity index (χ1n) is 6.35. The summed E-state index contributed by atoms with van der Waals surface area (Å²) in [6.45, 7) is 3.16. The van der Waals surface area contributed by atoms with Gasteiger partial charge in [0.05, 0.1) is 0 Å². The Balaban J connectivity index is 1.78. The van der Waals surface area contributed by atoms with Crippen molar-refractivity contribution in [3.05, 3.63) is 34.1 Å². The quantitative estimate of drug-likeness (QED) is 0.766. The molecule has 0 aromatic heterocycles.